The molecule has 0 saturated carbocycles. The zero-order valence-electron chi connectivity index (χ0n) is 16.5. The molecule has 0 radical (unpaired) electrons. The molecule has 1 N–H and O–H groups in total. The summed E-state index contributed by atoms with van der Waals surface area (Å²) in [6.45, 7) is 7.83. The molecular formula is C21H23ClN6O. The Morgan fingerprint density at radius 3 is 2.66 bits per heavy atom. The second-order valence-corrected chi connectivity index (χ2v) is 7.09. The van der Waals surface area contributed by atoms with Crippen molar-refractivity contribution < 1.29 is 4.79 Å². The zero-order chi connectivity index (χ0) is 20.4. The summed E-state index contributed by atoms with van der Waals surface area (Å²) < 4.78 is 3.73. The van der Waals surface area contributed by atoms with Crippen molar-refractivity contribution in [2.75, 3.05) is 25.0 Å². The number of likely N-dealkylation sites (N-methyl/N-ethyl adjacent to an activating group) is 1. The van der Waals surface area contributed by atoms with Crippen LogP contribution < -0.4 is 5.32 Å². The van der Waals surface area contributed by atoms with E-state index in [1.54, 1.807) is 10.6 Å². The van der Waals surface area contributed by atoms with E-state index in [4.69, 9.17) is 11.6 Å². The Morgan fingerprint density at radius 2 is 1.86 bits per heavy atom. The van der Waals surface area contributed by atoms with Crippen LogP contribution in [0.2, 0.25) is 5.15 Å². The molecule has 1 aromatic carbocycles. The van der Waals surface area contributed by atoms with Crippen LogP contribution in [0.4, 0.5) is 5.95 Å². The number of carbonyl (C=O) groups excluding carboxylic acids is 1. The maximum Gasteiger partial charge on any atom is 0.278 e. The molecule has 0 saturated heterocycles. The van der Waals surface area contributed by atoms with E-state index in [-0.39, 0.29) is 11.1 Å². The lowest BCUT2D eigenvalue weighted by atomic mass is 10.3. The number of benzene rings is 1. The van der Waals surface area contributed by atoms with E-state index in [2.05, 4.69) is 34.0 Å². The number of para-hydroxylation sites is 2. The smallest absolute Gasteiger partial charge is 0.278 e. The number of hydrogen-bond acceptors (Lipinski definition) is 4. The lowest BCUT2D eigenvalue weighted by Crippen LogP contribution is -2.28. The van der Waals surface area contributed by atoms with Crippen LogP contribution in [0.15, 0.2) is 48.7 Å². The topological polar surface area (TPSA) is 67.5 Å². The molecule has 0 fully saturated rings. The third kappa shape index (κ3) is 3.71. The van der Waals surface area contributed by atoms with Gasteiger partial charge >= 0.3 is 0 Å². The Kier molecular flexibility index (Phi) is 5.51. The summed E-state index contributed by atoms with van der Waals surface area (Å²) in [6, 6.07) is 13.4. The zero-order valence-corrected chi connectivity index (χ0v) is 17.2. The normalized spacial score (nSPS) is 11.6. The van der Waals surface area contributed by atoms with Gasteiger partial charge in [0.15, 0.2) is 10.8 Å². The quantitative estimate of drug-likeness (QED) is 0.501. The fraction of sp³-hybridized carbons (Fsp3) is 0.286. The SMILES string of the molecule is CCN(CC)CCn1c(NC(=O)c2c(Cl)nc3ccccn23)nc2ccccc21. The van der Waals surface area contributed by atoms with Crippen molar-refractivity contribution in [1.29, 1.82) is 0 Å². The van der Waals surface area contributed by atoms with Gasteiger partial charge in [0.2, 0.25) is 5.95 Å². The van der Waals surface area contributed by atoms with Crippen molar-refractivity contribution in [3.05, 3.63) is 59.5 Å². The molecule has 150 valence electrons. The van der Waals surface area contributed by atoms with E-state index in [0.717, 1.165) is 37.2 Å². The molecule has 3 aromatic heterocycles. The van der Waals surface area contributed by atoms with Crippen LogP contribution >= 0.6 is 11.6 Å². The third-order valence-electron chi connectivity index (χ3n) is 5.12. The number of carbonyl (C=O) groups is 1. The van der Waals surface area contributed by atoms with Crippen LogP contribution in [0.25, 0.3) is 16.7 Å². The third-order valence-corrected chi connectivity index (χ3v) is 5.38. The number of rotatable bonds is 7. The van der Waals surface area contributed by atoms with Crippen molar-refractivity contribution in [1.82, 2.24) is 23.8 Å². The number of imidazole rings is 2. The number of pyridine rings is 1. The molecule has 1 amide bonds. The standard InChI is InChI=1S/C21H23ClN6O/c1-3-26(4-2)13-14-27-16-10-6-5-9-15(16)23-21(27)25-20(29)18-19(22)24-17-11-7-8-12-28(17)18/h5-12H,3-4,13-14H2,1-2H3,(H,23,25,29). The van der Waals surface area contributed by atoms with Gasteiger partial charge < -0.3 is 9.47 Å². The van der Waals surface area contributed by atoms with Crippen LogP contribution in [0.1, 0.15) is 24.3 Å². The highest BCUT2D eigenvalue weighted by molar-refractivity contribution is 6.33. The number of fused-ring (bicyclic) bond motifs is 2. The van der Waals surface area contributed by atoms with Crippen LogP contribution in [-0.2, 0) is 6.54 Å². The molecule has 0 unspecified atom stereocenters. The molecule has 4 rings (SSSR count). The summed E-state index contributed by atoms with van der Waals surface area (Å²) >= 11 is 6.26. The molecule has 7 nitrogen and oxygen atoms in total. The monoisotopic (exact) mass is 410 g/mol. The van der Waals surface area contributed by atoms with E-state index in [1.807, 2.05) is 47.0 Å². The van der Waals surface area contributed by atoms with Gasteiger partial charge in [-0.25, -0.2) is 9.97 Å². The highest BCUT2D eigenvalue weighted by Gasteiger charge is 2.21. The predicted octanol–water partition coefficient (Wildman–Crippen LogP) is 3.93. The Hall–Kier alpha value is -2.90. The molecule has 4 aromatic rings. The Labute approximate surface area is 173 Å². The highest BCUT2D eigenvalue weighted by atomic mass is 35.5. The number of nitrogens with one attached hydrogen (secondary N) is 1. The van der Waals surface area contributed by atoms with Crippen LogP contribution in [0, 0.1) is 0 Å². The molecular weight excluding hydrogens is 388 g/mol. The first-order valence-electron chi connectivity index (χ1n) is 9.74. The van der Waals surface area contributed by atoms with Crippen molar-refractivity contribution in [2.45, 2.75) is 20.4 Å². The molecule has 0 bridgehead atoms. The maximum atomic E-state index is 13.1. The van der Waals surface area contributed by atoms with Crippen LogP contribution in [-0.4, -0.2) is 49.4 Å². The molecule has 0 aliphatic carbocycles. The molecule has 3 heterocycles. The number of hydrogen-bond donors (Lipinski definition) is 1. The van der Waals surface area contributed by atoms with Gasteiger partial charge in [-0.1, -0.05) is 43.6 Å². The molecule has 0 atom stereocenters. The Balaban J connectivity index is 1.69. The Morgan fingerprint density at radius 1 is 1.10 bits per heavy atom. The Bertz CT molecular complexity index is 1160. The maximum absolute atomic E-state index is 13.1. The number of halogens is 1. The largest absolute Gasteiger partial charge is 0.309 e. The number of aromatic nitrogens is 4. The summed E-state index contributed by atoms with van der Waals surface area (Å²) in [6.07, 6.45) is 1.77. The molecule has 0 spiro atoms. The van der Waals surface area contributed by atoms with Crippen molar-refractivity contribution in [2.24, 2.45) is 0 Å². The lowest BCUT2D eigenvalue weighted by Gasteiger charge is -2.19. The fourth-order valence-corrected chi connectivity index (χ4v) is 3.77. The molecule has 8 heteroatoms. The van der Waals surface area contributed by atoms with Gasteiger partial charge in [-0.2, -0.15) is 0 Å². The van der Waals surface area contributed by atoms with E-state index in [9.17, 15) is 4.79 Å². The van der Waals surface area contributed by atoms with Crippen molar-refractivity contribution >= 4 is 40.1 Å². The first kappa shape index (κ1) is 19.4. The van der Waals surface area contributed by atoms with Gasteiger partial charge in [0.05, 0.1) is 11.0 Å². The lowest BCUT2D eigenvalue weighted by molar-refractivity contribution is 0.102. The minimum absolute atomic E-state index is 0.166. The average Bonchev–Trinajstić information content (AvgIpc) is 3.25. The summed E-state index contributed by atoms with van der Waals surface area (Å²) in [5, 5.41) is 3.11. The second kappa shape index (κ2) is 8.23. The van der Waals surface area contributed by atoms with E-state index in [1.165, 1.54) is 0 Å². The molecule has 0 aliphatic rings. The molecule has 29 heavy (non-hydrogen) atoms. The van der Waals surface area contributed by atoms with Gasteiger partial charge in [-0.3, -0.25) is 14.5 Å². The van der Waals surface area contributed by atoms with E-state index in [0.29, 0.717) is 17.3 Å². The van der Waals surface area contributed by atoms with E-state index < -0.39 is 0 Å². The minimum Gasteiger partial charge on any atom is -0.309 e. The average molecular weight is 411 g/mol. The van der Waals surface area contributed by atoms with Crippen molar-refractivity contribution in [3.8, 4) is 0 Å². The second-order valence-electron chi connectivity index (χ2n) is 6.74. The summed E-state index contributed by atoms with van der Waals surface area (Å²) in [4.78, 5) is 24.3. The number of nitrogens with zero attached hydrogens (tertiary/aromatic N) is 5. The van der Waals surface area contributed by atoms with Gasteiger partial charge in [0, 0.05) is 19.3 Å². The summed E-state index contributed by atoms with van der Waals surface area (Å²) in [5.74, 6) is 0.165. The van der Waals surface area contributed by atoms with Gasteiger partial charge in [-0.05, 0) is 37.4 Å². The van der Waals surface area contributed by atoms with E-state index >= 15 is 0 Å². The minimum atomic E-state index is -0.340. The summed E-state index contributed by atoms with van der Waals surface area (Å²) in [5.41, 5.74) is 2.74. The number of anilines is 1. The first-order chi connectivity index (χ1) is 14.1. The number of amides is 1. The highest BCUT2D eigenvalue weighted by Crippen LogP contribution is 2.22. The molecule has 0 aliphatic heterocycles. The first-order valence-corrected chi connectivity index (χ1v) is 10.1. The fourth-order valence-electron chi connectivity index (χ4n) is 3.51. The summed E-state index contributed by atoms with van der Waals surface area (Å²) in [7, 11) is 0. The van der Waals surface area contributed by atoms with Gasteiger partial charge in [0.1, 0.15) is 5.65 Å². The van der Waals surface area contributed by atoms with Crippen molar-refractivity contribution in [3.63, 3.8) is 0 Å². The van der Waals surface area contributed by atoms with Crippen LogP contribution in [0.3, 0.4) is 0 Å². The van der Waals surface area contributed by atoms with Gasteiger partial charge in [0.25, 0.3) is 5.91 Å². The van der Waals surface area contributed by atoms with Crippen LogP contribution in [0.5, 0.6) is 0 Å². The predicted molar refractivity (Wildman–Crippen MR) is 116 cm³/mol. The van der Waals surface area contributed by atoms with Gasteiger partial charge in [-0.15, -0.1) is 0 Å².